The highest BCUT2D eigenvalue weighted by Gasteiger charge is 2.07. The number of nitrogens with zero attached hydrogens (tertiary/aromatic N) is 1. The first-order valence-corrected chi connectivity index (χ1v) is 6.59. The number of anilines is 1. The number of pyridine rings is 1. The molecular weight excluding hydrogens is 272 g/mol. The molecule has 4 heteroatoms. The summed E-state index contributed by atoms with van der Waals surface area (Å²) in [7, 11) is 0. The zero-order valence-electron chi connectivity index (χ0n) is 11.2. The molecule has 1 aromatic heterocycles. The minimum Gasteiger partial charge on any atom is -0.481 e. The summed E-state index contributed by atoms with van der Waals surface area (Å²) in [6.07, 6.45) is 6.90. The lowest BCUT2D eigenvalue weighted by Crippen LogP contribution is -2.05. The van der Waals surface area contributed by atoms with Crippen molar-refractivity contribution >= 4 is 17.3 Å². The predicted molar refractivity (Wildman–Crippen MR) is 82.1 cm³/mol. The number of benzene rings is 1. The molecule has 3 nitrogen and oxygen atoms in total. The van der Waals surface area contributed by atoms with E-state index in [2.05, 4.69) is 16.2 Å². The van der Waals surface area contributed by atoms with E-state index in [1.54, 1.807) is 6.20 Å². The van der Waals surface area contributed by atoms with Gasteiger partial charge in [0, 0.05) is 18.3 Å². The van der Waals surface area contributed by atoms with Crippen LogP contribution in [-0.4, -0.2) is 11.6 Å². The van der Waals surface area contributed by atoms with Crippen molar-refractivity contribution in [2.24, 2.45) is 0 Å². The number of para-hydroxylation sites is 1. The number of terminal acetylenes is 1. The smallest absolute Gasteiger partial charge is 0.152 e. The minimum atomic E-state index is 0.254. The second-order valence-electron chi connectivity index (χ2n) is 4.25. The molecule has 102 valence electrons. The fraction of sp³-hybridized carbons (Fsp3) is 0.188. The van der Waals surface area contributed by atoms with Gasteiger partial charge in [0.25, 0.3) is 0 Å². The van der Waals surface area contributed by atoms with Gasteiger partial charge in [-0.1, -0.05) is 35.7 Å². The minimum absolute atomic E-state index is 0.254. The first-order chi connectivity index (χ1) is 9.72. The van der Waals surface area contributed by atoms with Crippen molar-refractivity contribution in [2.45, 2.75) is 13.5 Å². The molecule has 20 heavy (non-hydrogen) atoms. The van der Waals surface area contributed by atoms with Gasteiger partial charge >= 0.3 is 0 Å². The summed E-state index contributed by atoms with van der Waals surface area (Å²) in [5.74, 6) is 3.24. The average molecular weight is 287 g/mol. The number of aryl methyl sites for hydroxylation is 1. The summed E-state index contributed by atoms with van der Waals surface area (Å²) < 4.78 is 5.51. The Morgan fingerprint density at radius 2 is 2.15 bits per heavy atom. The molecule has 0 unspecified atom stereocenters. The van der Waals surface area contributed by atoms with Crippen molar-refractivity contribution in [2.75, 3.05) is 11.9 Å². The first kappa shape index (κ1) is 14.2. The van der Waals surface area contributed by atoms with E-state index >= 15 is 0 Å². The van der Waals surface area contributed by atoms with Crippen molar-refractivity contribution in [3.05, 3.63) is 52.8 Å². The average Bonchev–Trinajstić information content (AvgIpc) is 2.45. The molecule has 0 fully saturated rings. The van der Waals surface area contributed by atoms with Gasteiger partial charge < -0.3 is 10.1 Å². The Hall–Kier alpha value is -2.18. The van der Waals surface area contributed by atoms with Crippen molar-refractivity contribution in [1.29, 1.82) is 0 Å². The second kappa shape index (κ2) is 6.83. The summed E-state index contributed by atoms with van der Waals surface area (Å²) in [5.41, 5.74) is 2.90. The van der Waals surface area contributed by atoms with E-state index in [4.69, 9.17) is 22.8 Å². The van der Waals surface area contributed by atoms with Crippen LogP contribution in [0.5, 0.6) is 5.75 Å². The van der Waals surface area contributed by atoms with E-state index in [0.29, 0.717) is 11.7 Å². The third-order valence-electron chi connectivity index (χ3n) is 2.85. The summed E-state index contributed by atoms with van der Waals surface area (Å²) in [6, 6.07) is 9.66. The SMILES string of the molecule is C#CCOc1ccccc1CNc1c(C)ccnc1Cl. The number of nitrogens with one attached hydrogen (secondary N) is 1. The number of hydrogen-bond donors (Lipinski definition) is 1. The Bertz CT molecular complexity index is 614. The lowest BCUT2D eigenvalue weighted by Gasteiger charge is -2.13. The molecule has 0 bridgehead atoms. The van der Waals surface area contributed by atoms with Crippen LogP contribution in [-0.2, 0) is 6.54 Å². The lowest BCUT2D eigenvalue weighted by atomic mass is 10.2. The van der Waals surface area contributed by atoms with Crippen LogP contribution in [0.1, 0.15) is 11.1 Å². The Kier molecular flexibility index (Phi) is 4.86. The summed E-state index contributed by atoms with van der Waals surface area (Å²) in [4.78, 5) is 4.07. The molecule has 0 aliphatic carbocycles. The summed E-state index contributed by atoms with van der Waals surface area (Å²) >= 11 is 6.09. The first-order valence-electron chi connectivity index (χ1n) is 6.21. The van der Waals surface area contributed by atoms with Gasteiger partial charge in [0.1, 0.15) is 12.4 Å². The van der Waals surface area contributed by atoms with Crippen LogP contribution in [0.3, 0.4) is 0 Å². The quantitative estimate of drug-likeness (QED) is 0.673. The molecule has 0 radical (unpaired) electrons. The molecule has 1 N–H and O–H groups in total. The van der Waals surface area contributed by atoms with Crippen LogP contribution in [0.4, 0.5) is 5.69 Å². The van der Waals surface area contributed by atoms with E-state index in [0.717, 1.165) is 22.6 Å². The molecule has 0 saturated heterocycles. The van der Waals surface area contributed by atoms with Crippen LogP contribution in [0.2, 0.25) is 5.15 Å². The van der Waals surface area contributed by atoms with Gasteiger partial charge in [0.15, 0.2) is 5.15 Å². The molecule has 0 aliphatic heterocycles. The van der Waals surface area contributed by atoms with E-state index in [1.165, 1.54) is 0 Å². The zero-order valence-corrected chi connectivity index (χ0v) is 11.9. The highest BCUT2D eigenvalue weighted by molar-refractivity contribution is 6.32. The van der Waals surface area contributed by atoms with E-state index in [9.17, 15) is 0 Å². The predicted octanol–water partition coefficient (Wildman–Crippen LogP) is 3.67. The van der Waals surface area contributed by atoms with Crippen LogP contribution in [0, 0.1) is 19.3 Å². The number of rotatable bonds is 5. The van der Waals surface area contributed by atoms with Gasteiger partial charge in [-0.15, -0.1) is 6.42 Å². The summed E-state index contributed by atoms with van der Waals surface area (Å²) in [6.45, 7) is 2.83. The number of aromatic nitrogens is 1. The Morgan fingerprint density at radius 1 is 1.35 bits per heavy atom. The van der Waals surface area contributed by atoms with Crippen LogP contribution in [0.25, 0.3) is 0 Å². The van der Waals surface area contributed by atoms with E-state index in [-0.39, 0.29) is 6.61 Å². The fourth-order valence-corrected chi connectivity index (χ4v) is 2.10. The zero-order chi connectivity index (χ0) is 14.4. The molecule has 0 aliphatic rings. The molecule has 1 aromatic carbocycles. The molecule has 0 spiro atoms. The molecular formula is C16H15ClN2O. The standard InChI is InChI=1S/C16H15ClN2O/c1-3-10-20-14-7-5-4-6-13(14)11-19-15-12(2)8-9-18-16(15)17/h1,4-9,19H,10-11H2,2H3. The largest absolute Gasteiger partial charge is 0.481 e. The van der Waals surface area contributed by atoms with Crippen LogP contribution in [0.15, 0.2) is 36.5 Å². The fourth-order valence-electron chi connectivity index (χ4n) is 1.83. The van der Waals surface area contributed by atoms with Gasteiger partial charge in [-0.3, -0.25) is 0 Å². The van der Waals surface area contributed by atoms with Gasteiger partial charge in [-0.05, 0) is 24.6 Å². The third kappa shape index (κ3) is 3.43. The van der Waals surface area contributed by atoms with Crippen LogP contribution < -0.4 is 10.1 Å². The van der Waals surface area contributed by atoms with E-state index < -0.39 is 0 Å². The number of ether oxygens (including phenoxy) is 1. The van der Waals surface area contributed by atoms with Gasteiger partial charge in [0.05, 0.1) is 5.69 Å². The molecule has 0 atom stereocenters. The highest BCUT2D eigenvalue weighted by atomic mass is 35.5. The van der Waals surface area contributed by atoms with Crippen molar-refractivity contribution in [3.8, 4) is 18.1 Å². The maximum Gasteiger partial charge on any atom is 0.152 e. The number of hydrogen-bond acceptors (Lipinski definition) is 3. The molecule has 2 aromatic rings. The lowest BCUT2D eigenvalue weighted by molar-refractivity contribution is 0.366. The number of halogens is 1. The maximum atomic E-state index is 6.09. The molecule has 1 heterocycles. The Balaban J connectivity index is 2.13. The normalized spacial score (nSPS) is 9.85. The Labute approximate surface area is 123 Å². The molecule has 0 saturated carbocycles. The van der Waals surface area contributed by atoms with Gasteiger partial charge in [0.2, 0.25) is 0 Å². The van der Waals surface area contributed by atoms with E-state index in [1.807, 2.05) is 37.3 Å². The monoisotopic (exact) mass is 286 g/mol. The molecule has 0 amide bonds. The Morgan fingerprint density at radius 3 is 2.90 bits per heavy atom. The second-order valence-corrected chi connectivity index (χ2v) is 4.61. The van der Waals surface area contributed by atoms with Crippen molar-refractivity contribution in [3.63, 3.8) is 0 Å². The third-order valence-corrected chi connectivity index (χ3v) is 3.14. The maximum absolute atomic E-state index is 6.09. The van der Waals surface area contributed by atoms with Gasteiger partial charge in [-0.25, -0.2) is 4.98 Å². The van der Waals surface area contributed by atoms with Crippen molar-refractivity contribution in [1.82, 2.24) is 4.98 Å². The van der Waals surface area contributed by atoms with Gasteiger partial charge in [-0.2, -0.15) is 0 Å². The summed E-state index contributed by atoms with van der Waals surface area (Å²) in [5, 5.41) is 3.75. The topological polar surface area (TPSA) is 34.1 Å². The van der Waals surface area contributed by atoms with Crippen molar-refractivity contribution < 1.29 is 4.74 Å². The highest BCUT2D eigenvalue weighted by Crippen LogP contribution is 2.25. The van der Waals surface area contributed by atoms with Crippen LogP contribution >= 0.6 is 11.6 Å². The molecule has 2 rings (SSSR count).